The Morgan fingerprint density at radius 2 is 1.65 bits per heavy atom. The third-order valence-electron chi connectivity index (χ3n) is 5.64. The lowest BCUT2D eigenvalue weighted by molar-refractivity contribution is 0.0910. The molecule has 1 aromatic carbocycles. The van der Waals surface area contributed by atoms with Gasteiger partial charge in [0.15, 0.2) is 0 Å². The van der Waals surface area contributed by atoms with E-state index in [0.717, 1.165) is 32.4 Å². The highest BCUT2D eigenvalue weighted by atomic mass is 32.2. The van der Waals surface area contributed by atoms with Crippen LogP contribution in [0.3, 0.4) is 0 Å². The van der Waals surface area contributed by atoms with Crippen molar-refractivity contribution >= 4 is 15.9 Å². The summed E-state index contributed by atoms with van der Waals surface area (Å²) in [6, 6.07) is 6.54. The lowest BCUT2D eigenvalue weighted by atomic mass is 9.86. The normalized spacial score (nSPS) is 25.8. The van der Waals surface area contributed by atoms with E-state index in [0.29, 0.717) is 24.6 Å². The van der Waals surface area contributed by atoms with Crippen LogP contribution < -0.4 is 5.32 Å². The highest BCUT2D eigenvalue weighted by molar-refractivity contribution is 7.89. The molecule has 1 saturated carbocycles. The number of carbonyl (C=O) groups is 1. The molecule has 7 heteroatoms. The molecule has 3 rings (SSSR count). The van der Waals surface area contributed by atoms with Crippen LogP contribution >= 0.6 is 0 Å². The Labute approximate surface area is 156 Å². The molecular formula is C19H29N3O3S. The van der Waals surface area contributed by atoms with E-state index in [9.17, 15) is 13.2 Å². The number of hydrogen-bond donors (Lipinski definition) is 1. The predicted octanol–water partition coefficient (Wildman–Crippen LogP) is 1.93. The van der Waals surface area contributed by atoms with Gasteiger partial charge in [0.05, 0.1) is 4.90 Å². The second kappa shape index (κ2) is 8.06. The average Bonchev–Trinajstić information content (AvgIpc) is 2.64. The first-order valence-corrected chi connectivity index (χ1v) is 10.9. The van der Waals surface area contributed by atoms with Crippen LogP contribution in [-0.4, -0.2) is 62.8 Å². The first-order chi connectivity index (χ1) is 12.4. The molecule has 144 valence electrons. The molecule has 0 spiro atoms. The number of rotatable bonds is 4. The number of amides is 1. The second-order valence-electron chi connectivity index (χ2n) is 7.57. The molecule has 6 nitrogen and oxygen atoms in total. The molecule has 1 aromatic rings. The predicted molar refractivity (Wildman–Crippen MR) is 102 cm³/mol. The van der Waals surface area contributed by atoms with Crippen LogP contribution in [0.4, 0.5) is 0 Å². The molecule has 0 radical (unpaired) electrons. The summed E-state index contributed by atoms with van der Waals surface area (Å²) in [6.45, 7) is 4.65. The minimum absolute atomic E-state index is 0.118. The van der Waals surface area contributed by atoms with Gasteiger partial charge < -0.3 is 10.2 Å². The summed E-state index contributed by atoms with van der Waals surface area (Å²) in [6.07, 6.45) is 4.54. The summed E-state index contributed by atoms with van der Waals surface area (Å²) in [5.74, 6) is 0.372. The molecular weight excluding hydrogens is 350 g/mol. The summed E-state index contributed by atoms with van der Waals surface area (Å²) in [4.78, 5) is 14.9. The molecule has 1 amide bonds. The Balaban J connectivity index is 1.66. The van der Waals surface area contributed by atoms with Crippen LogP contribution in [0.2, 0.25) is 0 Å². The summed E-state index contributed by atoms with van der Waals surface area (Å²) < 4.78 is 27.0. The van der Waals surface area contributed by atoms with E-state index < -0.39 is 10.0 Å². The van der Waals surface area contributed by atoms with Crippen LogP contribution in [0.5, 0.6) is 0 Å². The van der Waals surface area contributed by atoms with E-state index in [1.807, 2.05) is 7.05 Å². The first kappa shape index (κ1) is 19.3. The summed E-state index contributed by atoms with van der Waals surface area (Å²) >= 11 is 0. The number of nitrogens with zero attached hydrogens (tertiary/aromatic N) is 2. The van der Waals surface area contributed by atoms with Gasteiger partial charge >= 0.3 is 0 Å². The van der Waals surface area contributed by atoms with Gasteiger partial charge in [0.2, 0.25) is 10.0 Å². The van der Waals surface area contributed by atoms with E-state index in [2.05, 4.69) is 17.1 Å². The third kappa shape index (κ3) is 4.27. The molecule has 2 aliphatic rings. The molecule has 0 unspecified atom stereocenters. The first-order valence-electron chi connectivity index (χ1n) is 9.47. The van der Waals surface area contributed by atoms with Gasteiger partial charge in [-0.15, -0.1) is 0 Å². The fraction of sp³-hybridized carbons (Fsp3) is 0.632. The zero-order chi connectivity index (χ0) is 18.7. The quantitative estimate of drug-likeness (QED) is 0.868. The minimum atomic E-state index is -3.49. The zero-order valence-electron chi connectivity index (χ0n) is 15.6. The van der Waals surface area contributed by atoms with Crippen molar-refractivity contribution in [1.82, 2.24) is 14.5 Å². The van der Waals surface area contributed by atoms with Gasteiger partial charge in [0.25, 0.3) is 5.91 Å². The van der Waals surface area contributed by atoms with Gasteiger partial charge in [0, 0.05) is 37.8 Å². The van der Waals surface area contributed by atoms with Crippen molar-refractivity contribution in [3.8, 4) is 0 Å². The SMILES string of the molecule is C[C@@H]1CCCC[C@@H]1NC(=O)c1ccc(S(=O)(=O)N2CCN(C)CC2)cc1. The Morgan fingerprint density at radius 1 is 1.04 bits per heavy atom. The Morgan fingerprint density at radius 3 is 2.27 bits per heavy atom. The van der Waals surface area contributed by atoms with Gasteiger partial charge in [0.1, 0.15) is 0 Å². The number of hydrogen-bond acceptors (Lipinski definition) is 4. The van der Waals surface area contributed by atoms with Gasteiger partial charge in [-0.25, -0.2) is 8.42 Å². The maximum Gasteiger partial charge on any atom is 0.251 e. The van der Waals surface area contributed by atoms with Crippen molar-refractivity contribution in [2.75, 3.05) is 33.2 Å². The topological polar surface area (TPSA) is 69.7 Å². The monoisotopic (exact) mass is 379 g/mol. The van der Waals surface area contributed by atoms with E-state index in [4.69, 9.17) is 0 Å². The minimum Gasteiger partial charge on any atom is -0.349 e. The summed E-state index contributed by atoms with van der Waals surface area (Å²) in [5.41, 5.74) is 0.514. The molecule has 1 aliphatic carbocycles. The molecule has 26 heavy (non-hydrogen) atoms. The average molecular weight is 380 g/mol. The number of benzene rings is 1. The van der Waals surface area contributed by atoms with E-state index >= 15 is 0 Å². The van der Waals surface area contributed by atoms with Crippen LogP contribution in [-0.2, 0) is 10.0 Å². The molecule has 2 fully saturated rings. The van der Waals surface area contributed by atoms with Crippen molar-refractivity contribution in [1.29, 1.82) is 0 Å². The zero-order valence-corrected chi connectivity index (χ0v) is 16.5. The maximum atomic E-state index is 12.7. The Hall–Kier alpha value is -1.44. The van der Waals surface area contributed by atoms with Crippen molar-refractivity contribution in [3.05, 3.63) is 29.8 Å². The molecule has 1 heterocycles. The fourth-order valence-electron chi connectivity index (χ4n) is 3.74. The van der Waals surface area contributed by atoms with Crippen molar-refractivity contribution in [2.45, 2.75) is 43.5 Å². The van der Waals surface area contributed by atoms with Crippen molar-refractivity contribution in [2.24, 2.45) is 5.92 Å². The van der Waals surface area contributed by atoms with Gasteiger partial charge in [-0.1, -0.05) is 19.8 Å². The molecule has 1 N–H and O–H groups in total. The molecule has 0 bridgehead atoms. The van der Waals surface area contributed by atoms with Crippen LogP contribution in [0.25, 0.3) is 0 Å². The van der Waals surface area contributed by atoms with Crippen LogP contribution in [0.15, 0.2) is 29.2 Å². The smallest absolute Gasteiger partial charge is 0.251 e. The van der Waals surface area contributed by atoms with E-state index in [1.165, 1.54) is 10.7 Å². The maximum absolute atomic E-state index is 12.7. The molecule has 1 saturated heterocycles. The number of carbonyl (C=O) groups excluding carboxylic acids is 1. The third-order valence-corrected chi connectivity index (χ3v) is 7.56. The van der Waals surface area contributed by atoms with E-state index in [1.54, 1.807) is 24.3 Å². The van der Waals surface area contributed by atoms with Crippen LogP contribution in [0, 0.1) is 5.92 Å². The lowest BCUT2D eigenvalue weighted by Crippen LogP contribution is -2.47. The number of nitrogens with one attached hydrogen (secondary N) is 1. The lowest BCUT2D eigenvalue weighted by Gasteiger charge is -2.31. The van der Waals surface area contributed by atoms with Crippen molar-refractivity contribution in [3.63, 3.8) is 0 Å². The molecule has 1 aliphatic heterocycles. The Kier molecular flexibility index (Phi) is 5.99. The van der Waals surface area contributed by atoms with E-state index in [-0.39, 0.29) is 16.8 Å². The van der Waals surface area contributed by atoms with Gasteiger partial charge in [-0.3, -0.25) is 4.79 Å². The standard InChI is InChI=1S/C19H29N3O3S/c1-15-5-3-4-6-18(15)20-19(23)16-7-9-17(10-8-16)26(24,25)22-13-11-21(2)12-14-22/h7-10,15,18H,3-6,11-14H2,1-2H3,(H,20,23)/t15-,18+/m1/s1. The number of sulfonamides is 1. The highest BCUT2D eigenvalue weighted by Gasteiger charge is 2.28. The van der Waals surface area contributed by atoms with Gasteiger partial charge in [-0.05, 0) is 50.1 Å². The summed E-state index contributed by atoms with van der Waals surface area (Å²) in [5, 5.41) is 3.11. The molecule has 2 atom stereocenters. The fourth-order valence-corrected chi connectivity index (χ4v) is 5.16. The van der Waals surface area contributed by atoms with Crippen molar-refractivity contribution < 1.29 is 13.2 Å². The number of piperazine rings is 1. The largest absolute Gasteiger partial charge is 0.349 e. The highest BCUT2D eigenvalue weighted by Crippen LogP contribution is 2.24. The molecule has 0 aromatic heterocycles. The van der Waals surface area contributed by atoms with Gasteiger partial charge in [-0.2, -0.15) is 4.31 Å². The summed E-state index contributed by atoms with van der Waals surface area (Å²) in [7, 11) is -1.50. The Bertz CT molecular complexity index is 725. The van der Waals surface area contributed by atoms with Crippen LogP contribution in [0.1, 0.15) is 43.0 Å². The second-order valence-corrected chi connectivity index (χ2v) is 9.51. The number of likely N-dealkylation sites (N-methyl/N-ethyl adjacent to an activating group) is 1.